The molecule has 1 N–H and O–H groups in total. The van der Waals surface area contributed by atoms with Gasteiger partial charge >= 0.3 is 0 Å². The monoisotopic (exact) mass is 272 g/mol. The topological polar surface area (TPSA) is 37.3 Å². The molecule has 0 aliphatic heterocycles. The van der Waals surface area contributed by atoms with Crippen molar-refractivity contribution in [1.29, 1.82) is 0 Å². The van der Waals surface area contributed by atoms with Crippen LogP contribution < -0.4 is 0 Å². The largest absolute Gasteiger partial charge is 0.481 e. The summed E-state index contributed by atoms with van der Waals surface area (Å²) in [4.78, 5) is 9.00. The van der Waals surface area contributed by atoms with E-state index in [-0.39, 0.29) is 20.4 Å². The van der Waals surface area contributed by atoms with Gasteiger partial charge in [0.25, 0.3) is 5.97 Å². The van der Waals surface area contributed by atoms with Crippen LogP contribution in [0.3, 0.4) is 0 Å². The van der Waals surface area contributed by atoms with Crippen LogP contribution in [-0.4, -0.2) is 11.1 Å². The quantitative estimate of drug-likeness (QED) is 0.737. The Morgan fingerprint density at radius 1 is 1.15 bits per heavy atom. The molecule has 0 aliphatic carbocycles. The van der Waals surface area contributed by atoms with Gasteiger partial charge in [0.1, 0.15) is 0 Å². The van der Waals surface area contributed by atoms with Crippen molar-refractivity contribution in [1.82, 2.24) is 0 Å². The van der Waals surface area contributed by atoms with E-state index in [4.69, 9.17) is 9.90 Å². The maximum absolute atomic E-state index is 9.00. The van der Waals surface area contributed by atoms with E-state index in [1.807, 2.05) is 0 Å². The van der Waals surface area contributed by atoms with Gasteiger partial charge in [0.05, 0.1) is 0 Å². The van der Waals surface area contributed by atoms with Gasteiger partial charge < -0.3 is 5.11 Å². The van der Waals surface area contributed by atoms with Crippen LogP contribution in [0.5, 0.6) is 0 Å². The van der Waals surface area contributed by atoms with Crippen LogP contribution in [0.25, 0.3) is 0 Å². The van der Waals surface area contributed by atoms with Crippen LogP contribution in [0.2, 0.25) is 0 Å². The van der Waals surface area contributed by atoms with E-state index in [1.54, 1.807) is 0 Å². The molecule has 0 spiro atoms. The number of rotatable bonds is 0. The van der Waals surface area contributed by atoms with Crippen LogP contribution in [0.4, 0.5) is 0 Å². The van der Waals surface area contributed by atoms with Crippen molar-refractivity contribution in [3.05, 3.63) is 35.4 Å². The smallest absolute Gasteiger partial charge is 0.300 e. The van der Waals surface area contributed by atoms with Gasteiger partial charge in [-0.2, -0.15) is 0 Å². The van der Waals surface area contributed by atoms with Gasteiger partial charge in [0, 0.05) is 27.3 Å². The molecular weight excluding hydrogens is 259 g/mol. The van der Waals surface area contributed by atoms with Gasteiger partial charge in [0.15, 0.2) is 0 Å². The first-order chi connectivity index (χ1) is 5.54. The van der Waals surface area contributed by atoms with E-state index in [0.717, 1.165) is 6.92 Å². The molecule has 0 heterocycles. The zero-order valence-corrected chi connectivity index (χ0v) is 9.54. The number of hydrogen-bond acceptors (Lipinski definition) is 1. The van der Waals surface area contributed by atoms with Crippen LogP contribution in [0.15, 0.2) is 24.3 Å². The zero-order chi connectivity index (χ0) is 9.56. The molecule has 1 aromatic carbocycles. The van der Waals surface area contributed by atoms with Crippen molar-refractivity contribution in [2.45, 2.75) is 20.8 Å². The second kappa shape index (κ2) is 7.97. The minimum atomic E-state index is -0.833. The Labute approximate surface area is 92.6 Å². The first-order valence-electron chi connectivity index (χ1n) is 3.76. The molecule has 1 rings (SSSR count). The molecule has 0 fully saturated rings. The van der Waals surface area contributed by atoms with Gasteiger partial charge in [-0.1, -0.05) is 24.3 Å². The zero-order valence-electron chi connectivity index (χ0n) is 7.98. The summed E-state index contributed by atoms with van der Waals surface area (Å²) in [6, 6.07) is 8.36. The molecule has 0 aliphatic rings. The van der Waals surface area contributed by atoms with Gasteiger partial charge in [-0.15, -0.1) is 0 Å². The molecule has 2 nitrogen and oxygen atoms in total. The van der Waals surface area contributed by atoms with Crippen LogP contribution >= 0.6 is 0 Å². The second-order valence-electron chi connectivity index (χ2n) is 2.60. The number of carboxylic acid groups (broad SMARTS) is 1. The second-order valence-corrected chi connectivity index (χ2v) is 2.60. The number of benzene rings is 1. The van der Waals surface area contributed by atoms with Gasteiger partial charge in [0.2, 0.25) is 0 Å². The first-order valence-corrected chi connectivity index (χ1v) is 3.76. The normalized spacial score (nSPS) is 7.62. The molecule has 0 radical (unpaired) electrons. The molecule has 0 amide bonds. The Morgan fingerprint density at radius 3 is 1.54 bits per heavy atom. The summed E-state index contributed by atoms with van der Waals surface area (Å²) in [7, 11) is 0. The van der Waals surface area contributed by atoms with Crippen molar-refractivity contribution >= 4 is 5.97 Å². The Hall–Kier alpha value is -0.648. The molecule has 13 heavy (non-hydrogen) atoms. The van der Waals surface area contributed by atoms with Crippen molar-refractivity contribution in [3.63, 3.8) is 0 Å². The molecule has 1 aromatic rings. The van der Waals surface area contributed by atoms with Crippen molar-refractivity contribution in [3.8, 4) is 0 Å². The molecular formula is C10H14O2Pd. The molecule has 0 unspecified atom stereocenters. The number of hydrogen-bond donors (Lipinski definition) is 1. The molecule has 0 saturated heterocycles. The van der Waals surface area contributed by atoms with Crippen LogP contribution in [-0.2, 0) is 25.2 Å². The van der Waals surface area contributed by atoms with Crippen molar-refractivity contribution < 1.29 is 30.3 Å². The third-order valence-electron chi connectivity index (χ3n) is 1.43. The molecule has 0 aromatic heterocycles. The predicted octanol–water partition coefficient (Wildman–Crippen LogP) is 2.39. The van der Waals surface area contributed by atoms with Crippen molar-refractivity contribution in [2.75, 3.05) is 0 Å². The molecule has 0 saturated carbocycles. The minimum Gasteiger partial charge on any atom is -0.481 e. The first kappa shape index (κ1) is 14.9. The van der Waals surface area contributed by atoms with Crippen LogP contribution in [0.1, 0.15) is 18.1 Å². The Bertz CT molecular complexity index is 234. The average Bonchev–Trinajstić information content (AvgIpc) is 1.94. The fourth-order valence-corrected chi connectivity index (χ4v) is 0.663. The summed E-state index contributed by atoms with van der Waals surface area (Å²) in [6.07, 6.45) is 0. The molecule has 0 bridgehead atoms. The Balaban J connectivity index is 0. The van der Waals surface area contributed by atoms with Gasteiger partial charge in [-0.05, 0) is 25.0 Å². The molecule has 76 valence electrons. The van der Waals surface area contributed by atoms with E-state index in [2.05, 4.69) is 38.1 Å². The molecule has 0 atom stereocenters. The number of carboxylic acids is 1. The maximum Gasteiger partial charge on any atom is 0.300 e. The van der Waals surface area contributed by atoms with E-state index in [1.165, 1.54) is 11.1 Å². The fourth-order valence-electron chi connectivity index (χ4n) is 0.663. The minimum absolute atomic E-state index is 0. The SMILES string of the molecule is CC(=O)O.Cc1ccccc1C.[Pd]. The van der Waals surface area contributed by atoms with Crippen LogP contribution in [0, 0.1) is 13.8 Å². The number of carbonyl (C=O) groups is 1. The predicted molar refractivity (Wildman–Crippen MR) is 49.2 cm³/mol. The molecule has 3 heteroatoms. The summed E-state index contributed by atoms with van der Waals surface area (Å²) in [6.45, 7) is 5.32. The Morgan fingerprint density at radius 2 is 1.38 bits per heavy atom. The van der Waals surface area contributed by atoms with Gasteiger partial charge in [-0.3, -0.25) is 4.79 Å². The third-order valence-corrected chi connectivity index (χ3v) is 1.43. The standard InChI is InChI=1S/C8H10.C2H4O2.Pd/c1-7-5-3-4-6-8(7)2;1-2(3)4;/h3-6H,1-2H3;1H3,(H,3,4);. The Kier molecular flexibility index (Phi) is 9.11. The van der Waals surface area contributed by atoms with E-state index >= 15 is 0 Å². The average molecular weight is 273 g/mol. The summed E-state index contributed by atoms with van der Waals surface area (Å²) >= 11 is 0. The summed E-state index contributed by atoms with van der Waals surface area (Å²) < 4.78 is 0. The number of aryl methyl sites for hydroxylation is 2. The summed E-state index contributed by atoms with van der Waals surface area (Å²) in [5, 5.41) is 7.42. The third kappa shape index (κ3) is 9.27. The summed E-state index contributed by atoms with van der Waals surface area (Å²) in [5.74, 6) is -0.833. The van der Waals surface area contributed by atoms with E-state index < -0.39 is 5.97 Å². The van der Waals surface area contributed by atoms with E-state index in [9.17, 15) is 0 Å². The van der Waals surface area contributed by atoms with Gasteiger partial charge in [-0.25, -0.2) is 0 Å². The maximum atomic E-state index is 9.00. The van der Waals surface area contributed by atoms with Crippen molar-refractivity contribution in [2.24, 2.45) is 0 Å². The van der Waals surface area contributed by atoms with E-state index in [0.29, 0.717) is 0 Å². The fraction of sp³-hybridized carbons (Fsp3) is 0.300. The number of aliphatic carboxylic acids is 1. The summed E-state index contributed by atoms with van der Waals surface area (Å²) in [5.41, 5.74) is 2.74.